The fourth-order valence-corrected chi connectivity index (χ4v) is 2.95. The molecule has 25 heavy (non-hydrogen) atoms. The van der Waals surface area contributed by atoms with Crippen molar-refractivity contribution in [1.82, 2.24) is 4.90 Å². The highest BCUT2D eigenvalue weighted by atomic mass is 16.6. The number of ether oxygens (including phenoxy) is 2. The average Bonchev–Trinajstić information content (AvgIpc) is 3.00. The van der Waals surface area contributed by atoms with Crippen LogP contribution in [-0.4, -0.2) is 60.2 Å². The van der Waals surface area contributed by atoms with E-state index < -0.39 is 22.2 Å². The highest BCUT2D eigenvalue weighted by molar-refractivity contribution is 5.99. The number of likely N-dealkylation sites (tertiary alicyclic amines) is 1. The first-order chi connectivity index (χ1) is 11.8. The van der Waals surface area contributed by atoms with E-state index in [9.17, 15) is 24.8 Å². The normalized spacial score (nSPS) is 19.7. The minimum atomic E-state index is -1.20. The number of hydrogen-bond donors (Lipinski definition) is 1. The van der Waals surface area contributed by atoms with Gasteiger partial charge in [0.15, 0.2) is 0 Å². The van der Waals surface area contributed by atoms with Crippen molar-refractivity contribution in [3.63, 3.8) is 0 Å². The van der Waals surface area contributed by atoms with E-state index >= 15 is 0 Å². The lowest BCUT2D eigenvalue weighted by Crippen LogP contribution is -2.40. The molecule has 1 amide bonds. The van der Waals surface area contributed by atoms with Crippen molar-refractivity contribution in [2.24, 2.45) is 5.41 Å². The maximum absolute atomic E-state index is 12.8. The molecule has 9 heteroatoms. The summed E-state index contributed by atoms with van der Waals surface area (Å²) in [6.45, 7) is 2.20. The lowest BCUT2D eigenvalue weighted by atomic mass is 9.88. The van der Waals surface area contributed by atoms with Crippen LogP contribution in [0.1, 0.15) is 23.7 Å². The monoisotopic (exact) mass is 352 g/mol. The number of carbonyl (C=O) groups excluding carboxylic acids is 1. The predicted molar refractivity (Wildman–Crippen MR) is 86.7 cm³/mol. The first-order valence-electron chi connectivity index (χ1n) is 7.77. The number of rotatable bonds is 7. The summed E-state index contributed by atoms with van der Waals surface area (Å²) in [6.07, 6.45) is 0.223. The quantitative estimate of drug-likeness (QED) is 0.584. The molecule has 0 spiro atoms. The number of amides is 1. The van der Waals surface area contributed by atoms with Crippen LogP contribution in [0.2, 0.25) is 0 Å². The van der Waals surface area contributed by atoms with E-state index in [4.69, 9.17) is 9.47 Å². The highest BCUT2D eigenvalue weighted by Crippen LogP contribution is 2.34. The highest BCUT2D eigenvalue weighted by Gasteiger charge is 2.47. The summed E-state index contributed by atoms with van der Waals surface area (Å²) in [7, 11) is 1.39. The van der Waals surface area contributed by atoms with Gasteiger partial charge in [-0.05, 0) is 25.5 Å². The van der Waals surface area contributed by atoms with Gasteiger partial charge in [-0.3, -0.25) is 19.7 Å². The Morgan fingerprint density at radius 3 is 2.72 bits per heavy atom. The molecule has 1 aromatic carbocycles. The van der Waals surface area contributed by atoms with E-state index in [1.807, 2.05) is 0 Å². The molecule has 1 aromatic rings. The lowest BCUT2D eigenvalue weighted by molar-refractivity contribution is -0.385. The summed E-state index contributed by atoms with van der Waals surface area (Å²) < 4.78 is 10.3. The number of methoxy groups -OCH3 is 1. The van der Waals surface area contributed by atoms with Crippen molar-refractivity contribution in [2.75, 3.05) is 33.4 Å². The first kappa shape index (κ1) is 18.7. The van der Waals surface area contributed by atoms with Crippen LogP contribution >= 0.6 is 0 Å². The van der Waals surface area contributed by atoms with E-state index in [1.54, 1.807) is 6.92 Å². The number of carbonyl (C=O) groups is 2. The molecule has 1 atom stereocenters. The van der Waals surface area contributed by atoms with Crippen LogP contribution in [0.5, 0.6) is 5.75 Å². The van der Waals surface area contributed by atoms with Crippen molar-refractivity contribution in [3.8, 4) is 5.75 Å². The number of benzene rings is 1. The molecule has 0 bridgehead atoms. The number of carboxylic acids is 1. The summed E-state index contributed by atoms with van der Waals surface area (Å²) >= 11 is 0. The second-order valence-corrected chi connectivity index (χ2v) is 5.86. The minimum Gasteiger partial charge on any atom is -0.494 e. The predicted octanol–water partition coefficient (Wildman–Crippen LogP) is 1.56. The van der Waals surface area contributed by atoms with Crippen LogP contribution in [0.25, 0.3) is 0 Å². The zero-order valence-electron chi connectivity index (χ0n) is 14.1. The Bertz CT molecular complexity index is 691. The van der Waals surface area contributed by atoms with Crippen molar-refractivity contribution in [1.29, 1.82) is 0 Å². The maximum atomic E-state index is 12.8. The summed E-state index contributed by atoms with van der Waals surface area (Å²) in [6, 6.07) is 3.96. The van der Waals surface area contributed by atoms with Gasteiger partial charge in [-0.1, -0.05) is 0 Å². The van der Waals surface area contributed by atoms with E-state index in [-0.39, 0.29) is 37.4 Å². The van der Waals surface area contributed by atoms with E-state index in [0.717, 1.165) is 0 Å². The summed E-state index contributed by atoms with van der Waals surface area (Å²) in [4.78, 5) is 36.3. The Balaban J connectivity index is 2.33. The van der Waals surface area contributed by atoms with Gasteiger partial charge in [-0.25, -0.2) is 0 Å². The van der Waals surface area contributed by atoms with E-state index in [2.05, 4.69) is 0 Å². The third-order valence-corrected chi connectivity index (χ3v) is 4.22. The summed E-state index contributed by atoms with van der Waals surface area (Å²) in [5.41, 5.74) is -1.65. The first-order valence-corrected chi connectivity index (χ1v) is 7.77. The van der Waals surface area contributed by atoms with Crippen LogP contribution in [0, 0.1) is 15.5 Å². The Hall–Kier alpha value is -2.68. The standard InChI is InChI=1S/C16H20N2O7/c1-3-25-11-4-5-13(18(22)23)12(8-11)14(19)17-7-6-16(9-17,10-24-2)15(20)21/h4-5,8H,3,6-7,9-10H2,1-2H3,(H,20,21). The Labute approximate surface area is 144 Å². The van der Waals surface area contributed by atoms with Crippen molar-refractivity contribution in [3.05, 3.63) is 33.9 Å². The molecule has 1 unspecified atom stereocenters. The van der Waals surface area contributed by atoms with Crippen LogP contribution in [0.3, 0.4) is 0 Å². The van der Waals surface area contributed by atoms with Gasteiger partial charge >= 0.3 is 5.97 Å². The molecule has 136 valence electrons. The molecule has 2 rings (SSSR count). The molecule has 0 aliphatic carbocycles. The summed E-state index contributed by atoms with van der Waals surface area (Å²) in [5.74, 6) is -1.30. The smallest absolute Gasteiger partial charge is 0.313 e. The molecular formula is C16H20N2O7. The fraction of sp³-hybridized carbons (Fsp3) is 0.500. The molecule has 1 N–H and O–H groups in total. The van der Waals surface area contributed by atoms with E-state index in [1.165, 1.54) is 30.2 Å². The molecule has 0 radical (unpaired) electrons. The van der Waals surface area contributed by atoms with Gasteiger partial charge < -0.3 is 19.5 Å². The van der Waals surface area contributed by atoms with Gasteiger partial charge in [0.05, 0.1) is 18.1 Å². The zero-order valence-corrected chi connectivity index (χ0v) is 14.1. The van der Waals surface area contributed by atoms with Gasteiger partial charge in [0, 0.05) is 26.3 Å². The maximum Gasteiger partial charge on any atom is 0.313 e. The SMILES string of the molecule is CCOc1ccc([N+](=O)[O-])c(C(=O)N2CCC(COC)(C(=O)O)C2)c1. The van der Waals surface area contributed by atoms with Gasteiger partial charge in [0.25, 0.3) is 11.6 Å². The van der Waals surface area contributed by atoms with Crippen molar-refractivity contribution < 1.29 is 29.1 Å². The topological polar surface area (TPSA) is 119 Å². The molecule has 0 saturated carbocycles. The third-order valence-electron chi connectivity index (χ3n) is 4.22. The number of carboxylic acid groups (broad SMARTS) is 1. The molecule has 9 nitrogen and oxygen atoms in total. The Kier molecular flexibility index (Phi) is 5.58. The average molecular weight is 352 g/mol. The molecule has 0 aromatic heterocycles. The summed E-state index contributed by atoms with van der Waals surface area (Å²) in [5, 5.41) is 20.7. The number of aliphatic carboxylic acids is 1. The van der Waals surface area contributed by atoms with Crippen molar-refractivity contribution in [2.45, 2.75) is 13.3 Å². The van der Waals surface area contributed by atoms with Crippen LogP contribution in [0.15, 0.2) is 18.2 Å². The van der Waals surface area contributed by atoms with Gasteiger partial charge in [-0.15, -0.1) is 0 Å². The molecular weight excluding hydrogens is 332 g/mol. The van der Waals surface area contributed by atoms with Gasteiger partial charge in [0.1, 0.15) is 16.7 Å². The Morgan fingerprint density at radius 1 is 1.44 bits per heavy atom. The Morgan fingerprint density at radius 2 is 2.16 bits per heavy atom. The zero-order chi connectivity index (χ0) is 18.6. The molecule has 1 saturated heterocycles. The van der Waals surface area contributed by atoms with E-state index in [0.29, 0.717) is 12.4 Å². The largest absolute Gasteiger partial charge is 0.494 e. The fourth-order valence-electron chi connectivity index (χ4n) is 2.95. The molecule has 1 aliphatic rings. The number of nitro benzene ring substituents is 1. The number of hydrogen-bond acceptors (Lipinski definition) is 6. The third kappa shape index (κ3) is 3.71. The van der Waals surface area contributed by atoms with Gasteiger partial charge in [-0.2, -0.15) is 0 Å². The van der Waals surface area contributed by atoms with Crippen molar-refractivity contribution >= 4 is 17.6 Å². The minimum absolute atomic E-state index is 0.0345. The second kappa shape index (κ2) is 7.47. The van der Waals surface area contributed by atoms with Crippen LogP contribution in [0.4, 0.5) is 5.69 Å². The molecule has 1 heterocycles. The molecule has 1 aliphatic heterocycles. The second-order valence-electron chi connectivity index (χ2n) is 5.86. The van der Waals surface area contributed by atoms with Crippen LogP contribution < -0.4 is 4.74 Å². The number of nitro groups is 1. The van der Waals surface area contributed by atoms with Crippen LogP contribution in [-0.2, 0) is 9.53 Å². The molecule has 1 fully saturated rings. The number of nitrogens with zero attached hydrogens (tertiary/aromatic N) is 2. The van der Waals surface area contributed by atoms with Gasteiger partial charge in [0.2, 0.25) is 0 Å². The lowest BCUT2D eigenvalue weighted by Gasteiger charge is -2.23.